The van der Waals surface area contributed by atoms with Crippen LogP contribution in [0.3, 0.4) is 0 Å². The van der Waals surface area contributed by atoms with Crippen LogP contribution < -0.4 is 11.2 Å². The van der Waals surface area contributed by atoms with Gasteiger partial charge in [0.25, 0.3) is 5.56 Å². The number of hydrogen-bond donors (Lipinski definition) is 2. The standard InChI is InChI=1S/C14H13ClN4O3/c1-22-3-2-7-4-8(7)9-5-11(18-19-12(9)15)10-6-16-14(21)17-13(10)20/h2-3,5-8H,4H2,1H3,(H2,16,17,20,21)/b3-2+/t7-,8-/m0/s1. The zero-order valence-electron chi connectivity index (χ0n) is 11.7. The van der Waals surface area contributed by atoms with Crippen LogP contribution in [0.5, 0.6) is 0 Å². The van der Waals surface area contributed by atoms with Crippen LogP contribution in [0.25, 0.3) is 11.3 Å². The molecule has 1 fully saturated rings. The molecule has 3 rings (SSSR count). The molecule has 114 valence electrons. The third kappa shape index (κ3) is 2.80. The summed E-state index contributed by atoms with van der Waals surface area (Å²) in [4.78, 5) is 27.5. The monoisotopic (exact) mass is 320 g/mol. The molecule has 0 aromatic carbocycles. The van der Waals surface area contributed by atoms with Gasteiger partial charge in [-0.3, -0.25) is 9.78 Å². The molecule has 2 heterocycles. The lowest BCUT2D eigenvalue weighted by Gasteiger charge is -2.04. The summed E-state index contributed by atoms with van der Waals surface area (Å²) in [6, 6.07) is 1.74. The van der Waals surface area contributed by atoms with Crippen molar-refractivity contribution < 1.29 is 4.74 Å². The summed E-state index contributed by atoms with van der Waals surface area (Å²) < 4.78 is 4.91. The Bertz CT molecular complexity index is 842. The molecule has 2 N–H and O–H groups in total. The Morgan fingerprint density at radius 2 is 2.23 bits per heavy atom. The van der Waals surface area contributed by atoms with Crippen molar-refractivity contribution in [2.24, 2.45) is 5.92 Å². The number of H-pyrrole nitrogens is 2. The molecule has 2 aromatic rings. The normalized spacial score (nSPS) is 20.3. The minimum atomic E-state index is -0.567. The van der Waals surface area contributed by atoms with Gasteiger partial charge in [0.05, 0.1) is 18.9 Å². The molecule has 0 bridgehead atoms. The lowest BCUT2D eigenvalue weighted by molar-refractivity contribution is 0.336. The van der Waals surface area contributed by atoms with Crippen LogP contribution in [0.2, 0.25) is 5.15 Å². The van der Waals surface area contributed by atoms with Gasteiger partial charge < -0.3 is 9.72 Å². The Labute approximate surface area is 130 Å². The molecule has 0 unspecified atom stereocenters. The molecule has 0 radical (unpaired) electrons. The highest BCUT2D eigenvalue weighted by Crippen LogP contribution is 2.50. The first-order chi connectivity index (χ1) is 10.6. The van der Waals surface area contributed by atoms with Crippen molar-refractivity contribution in [3.63, 3.8) is 0 Å². The van der Waals surface area contributed by atoms with Crippen molar-refractivity contribution in [3.05, 3.63) is 56.2 Å². The Balaban J connectivity index is 1.96. The second kappa shape index (κ2) is 5.76. The Morgan fingerprint density at radius 3 is 2.95 bits per heavy atom. The maximum atomic E-state index is 11.8. The number of nitrogens with one attached hydrogen (secondary N) is 2. The van der Waals surface area contributed by atoms with Crippen molar-refractivity contribution in [2.75, 3.05) is 7.11 Å². The van der Waals surface area contributed by atoms with Crippen LogP contribution in [-0.2, 0) is 4.74 Å². The van der Waals surface area contributed by atoms with Gasteiger partial charge in [0, 0.05) is 6.20 Å². The van der Waals surface area contributed by atoms with E-state index in [9.17, 15) is 9.59 Å². The van der Waals surface area contributed by atoms with E-state index in [0.29, 0.717) is 16.8 Å². The number of ether oxygens (including phenoxy) is 1. The smallest absolute Gasteiger partial charge is 0.325 e. The van der Waals surface area contributed by atoms with Crippen molar-refractivity contribution in [1.29, 1.82) is 0 Å². The lowest BCUT2D eigenvalue weighted by atomic mass is 10.1. The fourth-order valence-corrected chi connectivity index (χ4v) is 2.58. The van der Waals surface area contributed by atoms with E-state index >= 15 is 0 Å². The summed E-state index contributed by atoms with van der Waals surface area (Å²) in [6.07, 6.45) is 5.86. The van der Waals surface area contributed by atoms with Gasteiger partial charge in [-0.2, -0.15) is 0 Å². The van der Waals surface area contributed by atoms with Gasteiger partial charge in [-0.1, -0.05) is 11.6 Å². The van der Waals surface area contributed by atoms with Gasteiger partial charge in [0.1, 0.15) is 5.69 Å². The van der Waals surface area contributed by atoms with Gasteiger partial charge in [-0.15, -0.1) is 10.2 Å². The zero-order valence-corrected chi connectivity index (χ0v) is 12.4. The Kier molecular flexibility index (Phi) is 3.81. The van der Waals surface area contributed by atoms with E-state index in [1.54, 1.807) is 19.4 Å². The minimum absolute atomic E-state index is 0.231. The van der Waals surface area contributed by atoms with Crippen LogP contribution in [0.1, 0.15) is 17.9 Å². The molecule has 22 heavy (non-hydrogen) atoms. The molecule has 8 heteroatoms. The number of nitrogens with zero attached hydrogens (tertiary/aromatic N) is 2. The van der Waals surface area contributed by atoms with Crippen LogP contribution in [0.15, 0.2) is 34.2 Å². The van der Waals surface area contributed by atoms with Crippen LogP contribution >= 0.6 is 11.6 Å². The highest BCUT2D eigenvalue weighted by atomic mass is 35.5. The molecule has 7 nitrogen and oxygen atoms in total. The maximum absolute atomic E-state index is 11.8. The van der Waals surface area contributed by atoms with E-state index in [2.05, 4.69) is 20.2 Å². The highest BCUT2D eigenvalue weighted by Gasteiger charge is 2.38. The number of allylic oxidation sites excluding steroid dienone is 1. The van der Waals surface area contributed by atoms with Gasteiger partial charge >= 0.3 is 5.69 Å². The molecular weight excluding hydrogens is 308 g/mol. The largest absolute Gasteiger partial charge is 0.505 e. The van der Waals surface area contributed by atoms with E-state index in [0.717, 1.165) is 12.0 Å². The Hall–Kier alpha value is -2.41. The minimum Gasteiger partial charge on any atom is -0.505 e. The van der Waals surface area contributed by atoms with Crippen molar-refractivity contribution >= 4 is 11.6 Å². The summed E-state index contributed by atoms with van der Waals surface area (Å²) in [7, 11) is 1.59. The summed E-state index contributed by atoms with van der Waals surface area (Å²) in [5.41, 5.74) is 0.372. The second-order valence-electron chi connectivity index (χ2n) is 5.03. The molecule has 2 aromatic heterocycles. The van der Waals surface area contributed by atoms with E-state index in [1.165, 1.54) is 6.20 Å². The average Bonchev–Trinajstić information content (AvgIpc) is 3.25. The van der Waals surface area contributed by atoms with Gasteiger partial charge in [-0.05, 0) is 36.0 Å². The third-order valence-electron chi connectivity index (χ3n) is 3.57. The third-order valence-corrected chi connectivity index (χ3v) is 3.87. The SMILES string of the molecule is CO/C=C/[C@H]1C[C@@H]1c1cc(-c2c[nH]c(=O)[nH]c2=O)nnc1Cl. The van der Waals surface area contributed by atoms with Crippen LogP contribution in [0, 0.1) is 5.92 Å². The summed E-state index contributed by atoms with van der Waals surface area (Å²) >= 11 is 6.11. The van der Waals surface area contributed by atoms with Crippen molar-refractivity contribution in [3.8, 4) is 11.3 Å². The predicted octanol–water partition coefficient (Wildman–Crippen LogP) is 1.44. The van der Waals surface area contributed by atoms with Crippen molar-refractivity contribution in [2.45, 2.75) is 12.3 Å². The Morgan fingerprint density at radius 1 is 1.41 bits per heavy atom. The first-order valence-electron chi connectivity index (χ1n) is 6.65. The number of halogens is 1. The summed E-state index contributed by atoms with van der Waals surface area (Å²) in [6.45, 7) is 0. The van der Waals surface area contributed by atoms with E-state index < -0.39 is 11.2 Å². The topological polar surface area (TPSA) is 101 Å². The fraction of sp³-hybridized carbons (Fsp3) is 0.286. The van der Waals surface area contributed by atoms with Gasteiger partial charge in [-0.25, -0.2) is 4.79 Å². The van der Waals surface area contributed by atoms with Crippen LogP contribution in [0.4, 0.5) is 0 Å². The molecule has 1 aliphatic carbocycles. The fourth-order valence-electron chi connectivity index (χ4n) is 2.35. The second-order valence-corrected chi connectivity index (χ2v) is 5.39. The van der Waals surface area contributed by atoms with E-state index in [-0.39, 0.29) is 11.5 Å². The van der Waals surface area contributed by atoms with Gasteiger partial charge in [0.15, 0.2) is 5.15 Å². The van der Waals surface area contributed by atoms with E-state index in [1.807, 2.05) is 6.08 Å². The number of methoxy groups -OCH3 is 1. The number of rotatable bonds is 4. The number of aromatic nitrogens is 4. The predicted molar refractivity (Wildman–Crippen MR) is 80.7 cm³/mol. The van der Waals surface area contributed by atoms with Gasteiger partial charge in [0.2, 0.25) is 0 Å². The summed E-state index contributed by atoms with van der Waals surface area (Å²) in [5.74, 6) is 0.568. The maximum Gasteiger partial charge on any atom is 0.325 e. The lowest BCUT2D eigenvalue weighted by Crippen LogP contribution is -2.23. The molecule has 0 spiro atoms. The first-order valence-corrected chi connectivity index (χ1v) is 7.03. The quantitative estimate of drug-likeness (QED) is 0.830. The zero-order chi connectivity index (χ0) is 15.7. The first kappa shape index (κ1) is 14.5. The molecular formula is C14H13ClN4O3. The number of aromatic amines is 2. The molecule has 2 atom stereocenters. The number of hydrogen-bond acceptors (Lipinski definition) is 5. The molecule has 1 saturated carbocycles. The van der Waals surface area contributed by atoms with Crippen molar-refractivity contribution in [1.82, 2.24) is 20.2 Å². The summed E-state index contributed by atoms with van der Waals surface area (Å²) in [5, 5.41) is 8.16. The van der Waals surface area contributed by atoms with E-state index in [4.69, 9.17) is 16.3 Å². The molecule has 1 aliphatic rings. The highest BCUT2D eigenvalue weighted by molar-refractivity contribution is 6.30. The average molecular weight is 321 g/mol. The molecule has 0 amide bonds. The van der Waals surface area contributed by atoms with Crippen LogP contribution in [-0.4, -0.2) is 27.3 Å². The molecule has 0 aliphatic heterocycles. The molecule has 0 saturated heterocycles.